The Kier molecular flexibility index (Phi) is 6.29. The monoisotopic (exact) mass is 442 g/mol. The van der Waals surface area contributed by atoms with Crippen LogP contribution in [0.1, 0.15) is 54.1 Å². The van der Waals surface area contributed by atoms with E-state index >= 15 is 0 Å². The predicted molar refractivity (Wildman–Crippen MR) is 122 cm³/mol. The van der Waals surface area contributed by atoms with Gasteiger partial charge in [0.1, 0.15) is 9.84 Å². The van der Waals surface area contributed by atoms with Crippen molar-refractivity contribution >= 4 is 21.8 Å². The lowest BCUT2D eigenvalue weighted by atomic mass is 9.90. The van der Waals surface area contributed by atoms with Crippen molar-refractivity contribution in [2.45, 2.75) is 57.2 Å². The number of fused-ring (bicyclic) bond motifs is 1. The van der Waals surface area contributed by atoms with Gasteiger partial charge < -0.3 is 15.2 Å². The van der Waals surface area contributed by atoms with E-state index in [4.69, 9.17) is 0 Å². The maximum Gasteiger partial charge on any atom is 0.251 e. The molecule has 0 saturated heterocycles. The summed E-state index contributed by atoms with van der Waals surface area (Å²) in [5, 5.41) is 6.66. The van der Waals surface area contributed by atoms with Gasteiger partial charge in [0.25, 0.3) is 5.91 Å². The molecule has 8 heteroatoms. The highest BCUT2D eigenvalue weighted by Gasteiger charge is 2.26. The molecule has 4 rings (SSSR count). The van der Waals surface area contributed by atoms with Gasteiger partial charge in [-0.1, -0.05) is 12.2 Å². The first kappa shape index (κ1) is 21.8. The Bertz CT molecular complexity index is 1070. The number of benzene rings is 1. The van der Waals surface area contributed by atoms with Crippen LogP contribution in [0, 0.1) is 0 Å². The van der Waals surface area contributed by atoms with Gasteiger partial charge in [-0.2, -0.15) is 0 Å². The van der Waals surface area contributed by atoms with Crippen LogP contribution in [0.5, 0.6) is 0 Å². The molecule has 31 heavy (non-hydrogen) atoms. The van der Waals surface area contributed by atoms with Gasteiger partial charge in [-0.15, -0.1) is 0 Å². The average Bonchev–Trinajstić information content (AvgIpc) is 3.39. The Balaban J connectivity index is 1.38. The number of sulfone groups is 1. The van der Waals surface area contributed by atoms with Gasteiger partial charge in [0, 0.05) is 48.0 Å². The van der Waals surface area contributed by atoms with E-state index in [1.165, 1.54) is 6.26 Å². The van der Waals surface area contributed by atoms with Gasteiger partial charge in [0.2, 0.25) is 0 Å². The summed E-state index contributed by atoms with van der Waals surface area (Å²) < 4.78 is 24.9. The summed E-state index contributed by atoms with van der Waals surface area (Å²) >= 11 is 0. The summed E-state index contributed by atoms with van der Waals surface area (Å²) in [5.41, 5.74) is 3.82. The van der Waals surface area contributed by atoms with Gasteiger partial charge in [-0.3, -0.25) is 4.79 Å². The lowest BCUT2D eigenvalue weighted by Crippen LogP contribution is -2.46. The van der Waals surface area contributed by atoms with Crippen molar-refractivity contribution in [3.05, 3.63) is 53.6 Å². The van der Waals surface area contributed by atoms with Crippen molar-refractivity contribution in [2.24, 2.45) is 0 Å². The number of aromatic nitrogens is 2. The minimum absolute atomic E-state index is 0.0243. The van der Waals surface area contributed by atoms with Crippen molar-refractivity contribution in [1.29, 1.82) is 0 Å². The van der Waals surface area contributed by atoms with Crippen molar-refractivity contribution in [3.63, 3.8) is 0 Å². The van der Waals surface area contributed by atoms with E-state index in [0.29, 0.717) is 6.04 Å². The van der Waals surface area contributed by atoms with Crippen LogP contribution in [0.25, 0.3) is 11.8 Å². The molecule has 0 unspecified atom stereocenters. The van der Waals surface area contributed by atoms with E-state index in [9.17, 15) is 13.2 Å². The Labute approximate surface area is 183 Å². The second kappa shape index (κ2) is 8.96. The van der Waals surface area contributed by atoms with E-state index in [2.05, 4.69) is 33.8 Å². The summed E-state index contributed by atoms with van der Waals surface area (Å²) in [5.74, 6) is 0.125. The van der Waals surface area contributed by atoms with Crippen LogP contribution in [0.2, 0.25) is 0 Å². The fourth-order valence-electron chi connectivity index (χ4n) is 4.69. The lowest BCUT2D eigenvalue weighted by Gasteiger charge is -2.31. The van der Waals surface area contributed by atoms with Crippen LogP contribution in [0.15, 0.2) is 36.9 Å². The van der Waals surface area contributed by atoms with Gasteiger partial charge in [0.05, 0.1) is 12.1 Å². The standard InChI is InChI=1S/C23H30N4O3S/c1-16(14-31(2,29)30)25-18-6-8-19(9-7-18)26-23(28)22-13-20(27-11-10-24-15-27)12-17-4-3-5-21(17)22/h3-4,10-13,15-16,18-19,25H,5-9,14H2,1-2H3,(H,26,28)/t16-,18?,19?/m0/s1. The van der Waals surface area contributed by atoms with Crippen LogP contribution in [0.3, 0.4) is 0 Å². The molecule has 0 bridgehead atoms. The molecule has 2 aliphatic carbocycles. The van der Waals surface area contributed by atoms with E-state index in [-0.39, 0.29) is 23.7 Å². The average molecular weight is 443 g/mol. The normalized spacial score (nSPS) is 21.6. The molecule has 1 amide bonds. The molecule has 2 aromatic rings. The van der Waals surface area contributed by atoms with E-state index in [1.807, 2.05) is 23.8 Å². The fraction of sp³-hybridized carbons (Fsp3) is 0.478. The third-order valence-corrected chi connectivity index (χ3v) is 7.18. The molecule has 2 N–H and O–H groups in total. The number of hydrogen-bond acceptors (Lipinski definition) is 5. The number of amides is 1. The van der Waals surface area contributed by atoms with Crippen LogP contribution < -0.4 is 10.6 Å². The number of nitrogens with one attached hydrogen (secondary N) is 2. The molecule has 1 saturated carbocycles. The van der Waals surface area contributed by atoms with Crippen LogP contribution in [-0.4, -0.2) is 54.0 Å². The summed E-state index contributed by atoms with van der Waals surface area (Å²) in [6, 6.07) is 4.40. The third kappa shape index (κ3) is 5.43. The molecule has 1 fully saturated rings. The minimum atomic E-state index is -2.99. The van der Waals surface area contributed by atoms with Gasteiger partial charge in [-0.25, -0.2) is 13.4 Å². The van der Waals surface area contributed by atoms with Crippen LogP contribution in [-0.2, 0) is 16.3 Å². The number of carbonyl (C=O) groups is 1. The molecule has 166 valence electrons. The highest BCUT2D eigenvalue weighted by molar-refractivity contribution is 7.90. The quantitative estimate of drug-likeness (QED) is 0.687. The minimum Gasteiger partial charge on any atom is -0.349 e. The Morgan fingerprint density at radius 1 is 1.23 bits per heavy atom. The number of nitrogens with zero attached hydrogens (tertiary/aromatic N) is 2. The lowest BCUT2D eigenvalue weighted by molar-refractivity contribution is 0.0923. The maximum absolute atomic E-state index is 13.2. The molecule has 1 heterocycles. The molecular weight excluding hydrogens is 412 g/mol. The molecule has 0 spiro atoms. The molecule has 1 atom stereocenters. The largest absolute Gasteiger partial charge is 0.349 e. The summed E-state index contributed by atoms with van der Waals surface area (Å²) in [6.07, 6.45) is 15.2. The topological polar surface area (TPSA) is 93.1 Å². The predicted octanol–water partition coefficient (Wildman–Crippen LogP) is 2.51. The fourth-order valence-corrected chi connectivity index (χ4v) is 5.70. The van der Waals surface area contributed by atoms with E-state index in [0.717, 1.165) is 54.5 Å². The number of hydrogen-bond donors (Lipinski definition) is 2. The van der Waals surface area contributed by atoms with E-state index in [1.54, 1.807) is 12.5 Å². The van der Waals surface area contributed by atoms with Crippen molar-refractivity contribution < 1.29 is 13.2 Å². The molecule has 2 aliphatic rings. The SMILES string of the molecule is C[C@@H](CS(C)(=O)=O)NC1CCC(NC(=O)c2cc(-n3ccnc3)cc3c2CC=C3)CC1. The van der Waals surface area contributed by atoms with Gasteiger partial charge in [-0.05, 0) is 62.3 Å². The van der Waals surface area contributed by atoms with Crippen molar-refractivity contribution in [2.75, 3.05) is 12.0 Å². The maximum atomic E-state index is 13.2. The Hall–Kier alpha value is -2.45. The van der Waals surface area contributed by atoms with Gasteiger partial charge in [0.15, 0.2) is 0 Å². The second-order valence-electron chi connectivity index (χ2n) is 8.82. The number of allylic oxidation sites excluding steroid dienone is 1. The summed E-state index contributed by atoms with van der Waals surface area (Å²) in [7, 11) is -2.99. The summed E-state index contributed by atoms with van der Waals surface area (Å²) in [6.45, 7) is 1.91. The molecule has 7 nitrogen and oxygen atoms in total. The summed E-state index contributed by atoms with van der Waals surface area (Å²) in [4.78, 5) is 17.3. The Morgan fingerprint density at radius 3 is 2.65 bits per heavy atom. The first-order chi connectivity index (χ1) is 14.8. The van der Waals surface area contributed by atoms with E-state index < -0.39 is 9.84 Å². The highest BCUT2D eigenvalue weighted by atomic mass is 32.2. The molecule has 0 radical (unpaired) electrons. The van der Waals surface area contributed by atoms with Crippen LogP contribution in [0.4, 0.5) is 0 Å². The van der Waals surface area contributed by atoms with Crippen molar-refractivity contribution in [3.8, 4) is 5.69 Å². The second-order valence-corrected chi connectivity index (χ2v) is 11.0. The number of rotatable bonds is 7. The zero-order chi connectivity index (χ0) is 22.0. The number of carbonyl (C=O) groups excluding carboxylic acids is 1. The zero-order valence-electron chi connectivity index (χ0n) is 18.0. The Morgan fingerprint density at radius 2 is 1.97 bits per heavy atom. The van der Waals surface area contributed by atoms with Gasteiger partial charge >= 0.3 is 0 Å². The first-order valence-corrected chi connectivity index (χ1v) is 12.9. The first-order valence-electron chi connectivity index (χ1n) is 10.8. The third-order valence-electron chi connectivity index (χ3n) is 6.07. The van der Waals surface area contributed by atoms with Crippen molar-refractivity contribution in [1.82, 2.24) is 20.2 Å². The number of imidazole rings is 1. The molecule has 1 aromatic carbocycles. The highest BCUT2D eigenvalue weighted by Crippen LogP contribution is 2.28. The molecule has 1 aromatic heterocycles. The smallest absolute Gasteiger partial charge is 0.251 e. The molecular formula is C23H30N4O3S. The zero-order valence-corrected chi connectivity index (χ0v) is 18.9. The molecule has 0 aliphatic heterocycles. The van der Waals surface area contributed by atoms with Crippen LogP contribution >= 0.6 is 0 Å².